The minimum Gasteiger partial charge on any atom is -0.411 e. The van der Waals surface area contributed by atoms with Gasteiger partial charge in [-0.05, 0) is 17.1 Å². The Morgan fingerprint density at radius 2 is 0.542 bits per heavy atom. The van der Waals surface area contributed by atoms with Gasteiger partial charge in [0.15, 0.2) is 0 Å². The van der Waals surface area contributed by atoms with Gasteiger partial charge in [0.1, 0.15) is 21.4 Å². The number of hydrogen-bond donors (Lipinski definition) is 0. The van der Waals surface area contributed by atoms with E-state index in [0.717, 1.165) is 0 Å². The lowest BCUT2D eigenvalue weighted by Crippen LogP contribution is -3.12. The monoisotopic (exact) mass is 902 g/mol. The van der Waals surface area contributed by atoms with E-state index in [1.165, 1.54) is 25.7 Å². The van der Waals surface area contributed by atoms with Gasteiger partial charge in [-0.2, -0.15) is 11.1 Å². The largest absolute Gasteiger partial charge is 0.411 e. The van der Waals surface area contributed by atoms with E-state index in [1.54, 1.807) is 0 Å². The van der Waals surface area contributed by atoms with E-state index in [1.807, 2.05) is 0 Å². The average molecular weight is 905 g/mol. The van der Waals surface area contributed by atoms with Gasteiger partial charge in [0.05, 0.1) is 0 Å². The van der Waals surface area contributed by atoms with Gasteiger partial charge in [-0.15, -0.1) is 11.1 Å². The second-order valence-electron chi connectivity index (χ2n) is 25.4. The summed E-state index contributed by atoms with van der Waals surface area (Å²) in [6.07, 6.45) is 5.85. The third kappa shape index (κ3) is 4.55. The fourth-order valence-corrected chi connectivity index (χ4v) is 356. The van der Waals surface area contributed by atoms with Crippen LogP contribution < -0.4 is 0 Å². The summed E-state index contributed by atoms with van der Waals surface area (Å²) in [5.74, 6) is 0. The third-order valence-corrected chi connectivity index (χ3v) is 187. The van der Waals surface area contributed by atoms with Crippen LogP contribution in [0.15, 0.2) is 0 Å². The molecular formula is C33H84Cl2OSi12. The van der Waals surface area contributed by atoms with Crippen molar-refractivity contribution in [1.82, 2.24) is 0 Å². The molecule has 1 nitrogen and oxygen atoms in total. The van der Waals surface area contributed by atoms with Crippen LogP contribution in [0.4, 0.5) is 0 Å². The Bertz CT molecular complexity index is 1030. The van der Waals surface area contributed by atoms with Crippen molar-refractivity contribution in [2.45, 2.75) is 200 Å². The minimum absolute atomic E-state index is 0.451. The maximum atomic E-state index is 9.77. The molecule has 0 bridgehead atoms. The zero-order valence-electron chi connectivity index (χ0n) is 37.1. The van der Waals surface area contributed by atoms with Gasteiger partial charge in [0.25, 0.3) is 6.66 Å². The fourth-order valence-electron chi connectivity index (χ4n) is 17.7. The Morgan fingerprint density at radius 3 is 0.646 bits per heavy atom. The van der Waals surface area contributed by atoms with E-state index in [9.17, 15) is 22.2 Å². The van der Waals surface area contributed by atoms with Crippen molar-refractivity contribution in [2.75, 3.05) is 7.11 Å². The summed E-state index contributed by atoms with van der Waals surface area (Å²) < 4.78 is 9.86. The third-order valence-electron chi connectivity index (χ3n) is 16.7. The zero-order valence-corrected chi connectivity index (χ0v) is 50.7. The summed E-state index contributed by atoms with van der Waals surface area (Å²) in [5, 5.41) is 0. The molecule has 2 spiro atoms. The maximum absolute atomic E-state index is 9.77. The van der Waals surface area contributed by atoms with Gasteiger partial charge >= 0.3 is 0 Å². The predicted molar refractivity (Wildman–Crippen MR) is 259 cm³/mol. The van der Waals surface area contributed by atoms with E-state index in [4.69, 9.17) is 4.43 Å². The predicted octanol–water partition coefficient (Wildman–Crippen LogP) is 13.1. The quantitative estimate of drug-likeness (QED) is 0.165. The van der Waals surface area contributed by atoms with Crippen LogP contribution in [0.3, 0.4) is 0 Å². The highest BCUT2D eigenvalue weighted by Crippen LogP contribution is 2.91. The molecule has 3 aliphatic rings. The first-order valence-electron chi connectivity index (χ1n) is 19.5. The Labute approximate surface area is 323 Å². The molecule has 0 aromatic carbocycles. The SMILES string of the molecule is CO[Si]1(Cl)[Si]2([SiH](Cl)[Si]13C([Si](C)(C)C)([Si](C)(C)C)CCC3([Si](C)(C)C)[Si](C)(C)C)C([Si](C)(C)C)([Si](C)(C)C)CCC2([Si](C)(C)C)[Si](C)(C)C. The van der Waals surface area contributed by atoms with Crippen molar-refractivity contribution in [2.24, 2.45) is 0 Å². The van der Waals surface area contributed by atoms with Crippen LogP contribution >= 0.6 is 22.2 Å². The first-order chi connectivity index (χ1) is 20.6. The van der Waals surface area contributed by atoms with Crippen molar-refractivity contribution in [3.05, 3.63) is 0 Å². The molecule has 3 heterocycles. The summed E-state index contributed by atoms with van der Waals surface area (Å²) in [6, 6.07) is 0. The average Bonchev–Trinajstić information content (AvgIpc) is 3.36. The molecule has 284 valence electrons. The van der Waals surface area contributed by atoms with Gasteiger partial charge in [-0.1, -0.05) is 183 Å². The van der Waals surface area contributed by atoms with Crippen LogP contribution in [0.1, 0.15) is 25.7 Å². The van der Waals surface area contributed by atoms with Crippen molar-refractivity contribution in [1.29, 1.82) is 0 Å². The Kier molecular flexibility index (Phi) is 11.2. The highest BCUT2D eigenvalue weighted by Gasteiger charge is 3.06. The van der Waals surface area contributed by atoms with Crippen LogP contribution in [0.2, 0.25) is 174 Å². The summed E-state index contributed by atoms with van der Waals surface area (Å²) in [4.78, 5) is 0. The number of rotatable bonds is 9. The molecular weight excluding hydrogens is 820 g/mol. The number of halogens is 2. The molecule has 0 aromatic rings. The van der Waals surface area contributed by atoms with Gasteiger partial charge in [-0.3, -0.25) is 0 Å². The van der Waals surface area contributed by atoms with Crippen molar-refractivity contribution in [3.8, 4) is 0 Å². The van der Waals surface area contributed by atoms with Gasteiger partial charge in [-0.25, -0.2) is 0 Å². The molecule has 0 amide bonds. The molecule has 3 rings (SSSR count). The molecule has 15 heteroatoms. The summed E-state index contributed by atoms with van der Waals surface area (Å²) >= 11 is 19.4. The first kappa shape index (κ1) is 45.5. The van der Waals surface area contributed by atoms with Gasteiger partial charge < -0.3 is 4.43 Å². The minimum atomic E-state index is -2.93. The second kappa shape index (κ2) is 11.8. The molecule has 0 unspecified atom stereocenters. The maximum Gasteiger partial charge on any atom is 0.254 e. The van der Waals surface area contributed by atoms with Crippen molar-refractivity contribution >= 4 is 115 Å². The van der Waals surface area contributed by atoms with E-state index < -0.39 is 92.6 Å². The molecule has 0 radical (unpaired) electrons. The lowest BCUT2D eigenvalue weighted by molar-refractivity contribution is 0.435. The molecule has 3 fully saturated rings. The molecule has 48 heavy (non-hydrogen) atoms. The molecule has 0 aliphatic carbocycles. The first-order valence-corrected chi connectivity index (χ1v) is 61.8. The lowest BCUT2D eigenvalue weighted by atomic mass is 10.4. The molecule has 3 saturated heterocycles. The van der Waals surface area contributed by atoms with Gasteiger partial charge in [0, 0.05) is 71.7 Å². The van der Waals surface area contributed by atoms with E-state index in [2.05, 4.69) is 164 Å². The molecule has 0 atom stereocenters. The Morgan fingerprint density at radius 1 is 0.396 bits per heavy atom. The fraction of sp³-hybridized carbons (Fsp3) is 1.00. The van der Waals surface area contributed by atoms with E-state index >= 15 is 0 Å². The smallest absolute Gasteiger partial charge is 0.254 e. The Balaban J connectivity index is 3.02. The number of hydrogen-bond acceptors (Lipinski definition) is 1. The van der Waals surface area contributed by atoms with Crippen molar-refractivity contribution in [3.63, 3.8) is 0 Å². The highest BCUT2D eigenvalue weighted by atomic mass is 35.6. The van der Waals surface area contributed by atoms with Crippen molar-refractivity contribution < 1.29 is 4.43 Å². The standard InChI is InChI=1S/C33H84Cl2OSi12/c1-36-48(35)46(30(38(2,3)4,39(5,6)7)26-27-31(46,40(8,9)10)41(11,12)13)37(34)47(48)32(42(14,15)16,43(17,18)19)28-29-33(47,44(20,21)22)45(23,24)25/h37H,26-29H2,1-25H3. The van der Waals surface area contributed by atoms with Gasteiger partial charge in [0.2, 0.25) is 0 Å². The highest BCUT2D eigenvalue weighted by molar-refractivity contribution is 8.24. The van der Waals surface area contributed by atoms with Crippen LogP contribution in [-0.4, -0.2) is 99.7 Å². The molecule has 3 aliphatic heterocycles. The lowest BCUT2D eigenvalue weighted by Gasteiger charge is -2.87. The summed E-state index contributed by atoms with van der Waals surface area (Å²) in [6.45, 7) is 65.1. The molecule has 0 saturated carbocycles. The summed E-state index contributed by atoms with van der Waals surface area (Å²) in [5.41, 5.74) is 0. The normalized spacial score (nSPS) is 30.2. The Hall–Kier alpha value is 3.14. The van der Waals surface area contributed by atoms with E-state index in [0.29, 0.717) is 17.1 Å². The van der Waals surface area contributed by atoms with E-state index in [-0.39, 0.29) is 0 Å². The topological polar surface area (TPSA) is 9.23 Å². The van der Waals surface area contributed by atoms with Crippen LogP contribution in [0.5, 0.6) is 0 Å². The van der Waals surface area contributed by atoms with Crippen LogP contribution in [-0.2, 0) is 4.43 Å². The van der Waals surface area contributed by atoms with Crippen LogP contribution in [0.25, 0.3) is 0 Å². The summed E-state index contributed by atoms with van der Waals surface area (Å²) in [7, 11) is -19.0. The zero-order chi connectivity index (χ0) is 38.6. The molecule has 0 N–H and O–H groups in total. The van der Waals surface area contributed by atoms with Crippen LogP contribution in [0, 0.1) is 0 Å². The molecule has 0 aromatic heterocycles. The second-order valence-corrected chi connectivity index (χ2v) is 115.